The summed E-state index contributed by atoms with van der Waals surface area (Å²) in [5.74, 6) is 1.52. The molecule has 0 atom stereocenters. The topological polar surface area (TPSA) is 70.3 Å². The molecule has 3 aromatic rings. The van der Waals surface area contributed by atoms with Gasteiger partial charge in [-0.1, -0.05) is 11.8 Å². The van der Waals surface area contributed by atoms with E-state index < -0.39 is 0 Å². The van der Waals surface area contributed by atoms with Crippen LogP contribution in [0.15, 0.2) is 52.8 Å². The van der Waals surface area contributed by atoms with Crippen molar-refractivity contribution in [2.75, 3.05) is 12.5 Å². The third-order valence-electron chi connectivity index (χ3n) is 3.24. The second kappa shape index (κ2) is 4.82. The van der Waals surface area contributed by atoms with Crippen LogP contribution in [0.3, 0.4) is 0 Å². The maximum Gasteiger partial charge on any atom is 0.231 e. The van der Waals surface area contributed by atoms with Crippen LogP contribution in [-0.4, -0.2) is 16.8 Å². The van der Waals surface area contributed by atoms with Gasteiger partial charge in [0, 0.05) is 22.7 Å². The zero-order chi connectivity index (χ0) is 14.2. The Kier molecular flexibility index (Phi) is 2.82. The van der Waals surface area contributed by atoms with Gasteiger partial charge in [-0.05, 0) is 29.7 Å². The van der Waals surface area contributed by atoms with E-state index in [1.54, 1.807) is 18.6 Å². The number of pyridine rings is 2. The fourth-order valence-electron chi connectivity index (χ4n) is 2.21. The highest BCUT2D eigenvalue weighted by atomic mass is 32.2. The minimum Gasteiger partial charge on any atom is -0.454 e. The summed E-state index contributed by atoms with van der Waals surface area (Å²) in [5.41, 5.74) is 6.59. The smallest absolute Gasteiger partial charge is 0.231 e. The number of fused-ring (bicyclic) bond motifs is 2. The van der Waals surface area contributed by atoms with E-state index in [1.165, 1.54) is 11.8 Å². The van der Waals surface area contributed by atoms with Crippen molar-refractivity contribution >= 4 is 28.2 Å². The average molecular weight is 297 g/mol. The Morgan fingerprint density at radius 3 is 2.81 bits per heavy atom. The molecule has 6 heteroatoms. The number of nitrogens with zero attached hydrogens (tertiary/aromatic N) is 2. The number of anilines is 1. The van der Waals surface area contributed by atoms with Crippen molar-refractivity contribution in [2.24, 2.45) is 0 Å². The number of hydrogen-bond donors (Lipinski definition) is 1. The molecule has 1 aromatic carbocycles. The molecule has 104 valence electrons. The van der Waals surface area contributed by atoms with E-state index in [-0.39, 0.29) is 6.79 Å². The highest BCUT2D eigenvalue weighted by Gasteiger charge is 2.16. The number of nitrogens with two attached hydrogens (primary N) is 1. The molecule has 21 heavy (non-hydrogen) atoms. The molecule has 0 spiro atoms. The highest BCUT2D eigenvalue weighted by molar-refractivity contribution is 7.99. The molecule has 2 N–H and O–H groups in total. The van der Waals surface area contributed by atoms with E-state index in [0.29, 0.717) is 5.69 Å². The van der Waals surface area contributed by atoms with Gasteiger partial charge in [0.25, 0.3) is 0 Å². The Morgan fingerprint density at radius 2 is 1.95 bits per heavy atom. The molecule has 0 saturated heterocycles. The third kappa shape index (κ3) is 2.13. The summed E-state index contributed by atoms with van der Waals surface area (Å²) in [4.78, 5) is 9.39. The van der Waals surface area contributed by atoms with Crippen LogP contribution < -0.4 is 15.2 Å². The molecule has 0 aliphatic carbocycles. The number of hydrogen-bond acceptors (Lipinski definition) is 6. The van der Waals surface area contributed by atoms with Crippen molar-refractivity contribution in [1.29, 1.82) is 0 Å². The molecule has 2 aromatic heterocycles. The third-order valence-corrected chi connectivity index (χ3v) is 4.35. The van der Waals surface area contributed by atoms with E-state index in [2.05, 4.69) is 9.97 Å². The lowest BCUT2D eigenvalue weighted by Gasteiger charge is -2.08. The van der Waals surface area contributed by atoms with Crippen molar-refractivity contribution in [2.45, 2.75) is 9.92 Å². The Bertz CT molecular complexity index is 838. The molecule has 5 nitrogen and oxygen atoms in total. The summed E-state index contributed by atoms with van der Waals surface area (Å²) in [6.45, 7) is 0.263. The first-order valence-electron chi connectivity index (χ1n) is 6.37. The molecule has 0 bridgehead atoms. The van der Waals surface area contributed by atoms with Crippen LogP contribution in [0.25, 0.3) is 10.8 Å². The number of rotatable bonds is 2. The highest BCUT2D eigenvalue weighted by Crippen LogP contribution is 2.40. The molecular weight excluding hydrogens is 286 g/mol. The fraction of sp³-hybridized carbons (Fsp3) is 0.0667. The Labute approximate surface area is 125 Å². The monoisotopic (exact) mass is 297 g/mol. The number of nitrogen functional groups attached to an aromatic ring is 1. The van der Waals surface area contributed by atoms with Gasteiger partial charge in [0.2, 0.25) is 6.79 Å². The van der Waals surface area contributed by atoms with E-state index in [0.717, 1.165) is 32.2 Å². The SMILES string of the molecule is Nc1cnccc1Sc1nccc2cc3c(cc12)OCO3. The number of benzene rings is 1. The van der Waals surface area contributed by atoms with Crippen molar-refractivity contribution in [1.82, 2.24) is 9.97 Å². The lowest BCUT2D eigenvalue weighted by atomic mass is 10.1. The predicted molar refractivity (Wildman–Crippen MR) is 80.6 cm³/mol. The fourth-order valence-corrected chi connectivity index (χ4v) is 3.12. The second-order valence-electron chi connectivity index (χ2n) is 4.56. The summed E-state index contributed by atoms with van der Waals surface area (Å²) in [6, 6.07) is 7.77. The number of ether oxygens (including phenoxy) is 2. The predicted octanol–water partition coefficient (Wildman–Crippen LogP) is 3.09. The van der Waals surface area contributed by atoms with Crippen molar-refractivity contribution in [3.8, 4) is 11.5 Å². The van der Waals surface area contributed by atoms with Gasteiger partial charge >= 0.3 is 0 Å². The van der Waals surface area contributed by atoms with E-state index in [4.69, 9.17) is 15.2 Å². The normalized spacial score (nSPS) is 12.8. The van der Waals surface area contributed by atoms with Gasteiger partial charge in [0.1, 0.15) is 5.03 Å². The number of aromatic nitrogens is 2. The van der Waals surface area contributed by atoms with Crippen molar-refractivity contribution in [3.05, 3.63) is 42.9 Å². The Hall–Kier alpha value is -2.47. The van der Waals surface area contributed by atoms with Gasteiger partial charge in [-0.2, -0.15) is 0 Å². The van der Waals surface area contributed by atoms with Gasteiger partial charge in [-0.25, -0.2) is 4.98 Å². The Morgan fingerprint density at radius 1 is 1.10 bits per heavy atom. The van der Waals surface area contributed by atoms with Crippen LogP contribution in [0.1, 0.15) is 0 Å². The molecule has 0 amide bonds. The molecule has 0 unspecified atom stereocenters. The van der Waals surface area contributed by atoms with E-state index in [1.807, 2.05) is 24.3 Å². The molecule has 1 aliphatic heterocycles. The van der Waals surface area contributed by atoms with Crippen LogP contribution in [0, 0.1) is 0 Å². The van der Waals surface area contributed by atoms with Gasteiger partial charge in [-0.3, -0.25) is 4.98 Å². The first-order valence-corrected chi connectivity index (χ1v) is 7.18. The minimum absolute atomic E-state index is 0.263. The van der Waals surface area contributed by atoms with Crippen molar-refractivity contribution < 1.29 is 9.47 Å². The van der Waals surface area contributed by atoms with Gasteiger partial charge < -0.3 is 15.2 Å². The molecule has 0 saturated carbocycles. The maximum atomic E-state index is 5.95. The summed E-state index contributed by atoms with van der Waals surface area (Å²) >= 11 is 1.52. The minimum atomic E-state index is 0.263. The molecule has 0 radical (unpaired) electrons. The standard InChI is InChI=1S/C15H11N3O2S/c16-11-7-17-3-2-14(11)21-15-10-6-13-12(19-8-20-13)5-9(10)1-4-18-15/h1-7H,8,16H2. The zero-order valence-electron chi connectivity index (χ0n) is 10.9. The molecule has 1 aliphatic rings. The Balaban J connectivity index is 1.84. The largest absolute Gasteiger partial charge is 0.454 e. The van der Waals surface area contributed by atoms with E-state index >= 15 is 0 Å². The first kappa shape index (κ1) is 12.3. The van der Waals surface area contributed by atoms with Gasteiger partial charge in [0.05, 0.1) is 11.9 Å². The first-order chi connectivity index (χ1) is 10.3. The summed E-state index contributed by atoms with van der Waals surface area (Å²) in [6.07, 6.45) is 5.14. The summed E-state index contributed by atoms with van der Waals surface area (Å²) < 4.78 is 10.8. The van der Waals surface area contributed by atoms with Crippen LogP contribution >= 0.6 is 11.8 Å². The zero-order valence-corrected chi connectivity index (χ0v) is 11.8. The molecular formula is C15H11N3O2S. The van der Waals surface area contributed by atoms with Crippen LogP contribution in [0.5, 0.6) is 11.5 Å². The quantitative estimate of drug-likeness (QED) is 0.784. The lowest BCUT2D eigenvalue weighted by molar-refractivity contribution is 0.174. The van der Waals surface area contributed by atoms with Gasteiger partial charge in [0.15, 0.2) is 11.5 Å². The summed E-state index contributed by atoms with van der Waals surface area (Å²) in [5, 5.41) is 2.95. The van der Waals surface area contributed by atoms with Gasteiger partial charge in [-0.15, -0.1) is 0 Å². The average Bonchev–Trinajstić information content (AvgIpc) is 2.95. The summed E-state index contributed by atoms with van der Waals surface area (Å²) in [7, 11) is 0. The van der Waals surface area contributed by atoms with Crippen LogP contribution in [-0.2, 0) is 0 Å². The second-order valence-corrected chi connectivity index (χ2v) is 5.59. The lowest BCUT2D eigenvalue weighted by Crippen LogP contribution is -1.92. The maximum absolute atomic E-state index is 5.95. The molecule has 0 fully saturated rings. The van der Waals surface area contributed by atoms with Crippen LogP contribution in [0.2, 0.25) is 0 Å². The molecule has 3 heterocycles. The van der Waals surface area contributed by atoms with Crippen LogP contribution in [0.4, 0.5) is 5.69 Å². The van der Waals surface area contributed by atoms with Crippen molar-refractivity contribution in [3.63, 3.8) is 0 Å². The van der Waals surface area contributed by atoms with E-state index in [9.17, 15) is 0 Å². The molecule has 4 rings (SSSR count).